The molecule has 1 aromatic rings. The zero-order valence-corrected chi connectivity index (χ0v) is 13.2. The average Bonchev–Trinajstić information content (AvgIpc) is 2.92. The molecule has 0 aromatic carbocycles. The second kappa shape index (κ2) is 7.02. The van der Waals surface area contributed by atoms with Crippen LogP contribution in [-0.4, -0.2) is 34.5 Å². The normalized spacial score (nSPS) is 22.0. The topological polar surface area (TPSA) is 79.5 Å². The maximum Gasteiger partial charge on any atom is 0.339 e. The Morgan fingerprint density at radius 3 is 2.81 bits per heavy atom. The number of thioether (sulfide) groups is 1. The first-order chi connectivity index (χ1) is 10.0. The van der Waals surface area contributed by atoms with Gasteiger partial charge in [-0.3, -0.25) is 4.79 Å². The highest BCUT2D eigenvalue weighted by Crippen LogP contribution is 2.27. The summed E-state index contributed by atoms with van der Waals surface area (Å²) in [5.74, 6) is -0.937. The highest BCUT2D eigenvalue weighted by atomic mass is 32.2. The molecule has 0 radical (unpaired) electrons. The number of aromatic carboxylic acids is 1. The SMILES string of the molecule is CCc1oc(C(=O)NC2CCCC(SC)C2)cc1C(=O)O. The lowest BCUT2D eigenvalue weighted by molar-refractivity contribution is 0.0694. The van der Waals surface area contributed by atoms with E-state index < -0.39 is 5.97 Å². The third kappa shape index (κ3) is 3.81. The first kappa shape index (κ1) is 15.9. The molecule has 1 fully saturated rings. The van der Waals surface area contributed by atoms with Crippen molar-refractivity contribution in [1.29, 1.82) is 0 Å². The summed E-state index contributed by atoms with van der Waals surface area (Å²) in [6, 6.07) is 1.47. The highest BCUT2D eigenvalue weighted by Gasteiger charge is 2.25. The lowest BCUT2D eigenvalue weighted by atomic mass is 9.95. The molecular formula is C15H21NO4S. The van der Waals surface area contributed by atoms with Crippen LogP contribution in [0, 0.1) is 0 Å². The largest absolute Gasteiger partial charge is 0.478 e. The summed E-state index contributed by atoms with van der Waals surface area (Å²) in [5, 5.41) is 12.6. The van der Waals surface area contributed by atoms with Gasteiger partial charge in [-0.15, -0.1) is 0 Å². The van der Waals surface area contributed by atoms with E-state index in [1.165, 1.54) is 12.5 Å². The Hall–Kier alpha value is -1.43. The minimum absolute atomic E-state index is 0.0771. The Bertz CT molecular complexity index is 526. The van der Waals surface area contributed by atoms with Crippen molar-refractivity contribution in [2.75, 3.05) is 6.26 Å². The maximum atomic E-state index is 12.2. The molecule has 1 amide bonds. The van der Waals surface area contributed by atoms with E-state index in [2.05, 4.69) is 11.6 Å². The fourth-order valence-electron chi connectivity index (χ4n) is 2.73. The van der Waals surface area contributed by atoms with Crippen LogP contribution in [-0.2, 0) is 6.42 Å². The molecular weight excluding hydrogens is 290 g/mol. The number of amides is 1. The Kier molecular flexibility index (Phi) is 5.33. The summed E-state index contributed by atoms with van der Waals surface area (Å²) in [6.07, 6.45) is 6.77. The van der Waals surface area contributed by atoms with Crippen LogP contribution in [0.1, 0.15) is 59.3 Å². The van der Waals surface area contributed by atoms with E-state index in [0.29, 0.717) is 17.4 Å². The molecule has 6 heteroatoms. The van der Waals surface area contributed by atoms with Crippen LogP contribution in [0.4, 0.5) is 0 Å². The van der Waals surface area contributed by atoms with Crippen molar-refractivity contribution < 1.29 is 19.1 Å². The quantitative estimate of drug-likeness (QED) is 0.874. The number of carboxylic acid groups (broad SMARTS) is 1. The molecule has 1 heterocycles. The Morgan fingerprint density at radius 1 is 1.48 bits per heavy atom. The van der Waals surface area contributed by atoms with Crippen molar-refractivity contribution in [3.05, 3.63) is 23.2 Å². The standard InChI is InChI=1S/C15H21NO4S/c1-3-12-11(15(18)19)8-13(20-12)14(17)16-9-5-4-6-10(7-9)21-2/h8-10H,3-7H2,1-2H3,(H,16,17)(H,18,19). The van der Waals surface area contributed by atoms with Crippen LogP contribution in [0.5, 0.6) is 0 Å². The maximum absolute atomic E-state index is 12.2. The molecule has 1 saturated carbocycles. The third-order valence-electron chi connectivity index (χ3n) is 3.88. The number of carbonyl (C=O) groups excluding carboxylic acids is 1. The Morgan fingerprint density at radius 2 is 2.24 bits per heavy atom. The zero-order chi connectivity index (χ0) is 15.4. The van der Waals surface area contributed by atoms with Gasteiger partial charge in [-0.2, -0.15) is 11.8 Å². The molecule has 21 heavy (non-hydrogen) atoms. The van der Waals surface area contributed by atoms with Crippen LogP contribution in [0.25, 0.3) is 0 Å². The molecule has 0 bridgehead atoms. The van der Waals surface area contributed by atoms with Gasteiger partial charge < -0.3 is 14.8 Å². The van der Waals surface area contributed by atoms with Crippen LogP contribution < -0.4 is 5.32 Å². The molecule has 0 spiro atoms. The first-order valence-electron chi connectivity index (χ1n) is 7.24. The third-order valence-corrected chi connectivity index (χ3v) is 4.97. The Balaban J connectivity index is 2.04. The number of hydrogen-bond donors (Lipinski definition) is 2. The molecule has 1 aliphatic carbocycles. The van der Waals surface area contributed by atoms with Crippen LogP contribution >= 0.6 is 11.8 Å². The van der Waals surface area contributed by atoms with Crippen LogP contribution in [0.3, 0.4) is 0 Å². The Labute approximate surface area is 128 Å². The lowest BCUT2D eigenvalue weighted by Gasteiger charge is -2.28. The number of furan rings is 1. The fourth-order valence-corrected chi connectivity index (χ4v) is 3.56. The van der Waals surface area contributed by atoms with Gasteiger partial charge in [-0.05, 0) is 25.5 Å². The van der Waals surface area contributed by atoms with Gasteiger partial charge in [0.05, 0.1) is 0 Å². The van der Waals surface area contributed by atoms with Crippen molar-refractivity contribution >= 4 is 23.6 Å². The van der Waals surface area contributed by atoms with Crippen molar-refractivity contribution in [2.45, 2.75) is 50.3 Å². The number of nitrogens with one attached hydrogen (secondary N) is 1. The molecule has 2 rings (SSSR count). The molecule has 116 valence electrons. The van der Waals surface area contributed by atoms with Gasteiger partial charge in [0, 0.05) is 23.8 Å². The first-order valence-corrected chi connectivity index (χ1v) is 8.53. The van der Waals surface area contributed by atoms with Gasteiger partial charge in [0.15, 0.2) is 5.76 Å². The average molecular weight is 311 g/mol. The number of rotatable bonds is 5. The van der Waals surface area contributed by atoms with Crippen molar-refractivity contribution in [3.8, 4) is 0 Å². The van der Waals surface area contributed by atoms with E-state index >= 15 is 0 Å². The summed E-state index contributed by atoms with van der Waals surface area (Å²) in [6.45, 7) is 1.80. The molecule has 2 atom stereocenters. The zero-order valence-electron chi connectivity index (χ0n) is 12.3. The van der Waals surface area contributed by atoms with Gasteiger partial charge in [-0.25, -0.2) is 4.79 Å². The van der Waals surface area contributed by atoms with Crippen molar-refractivity contribution in [3.63, 3.8) is 0 Å². The summed E-state index contributed by atoms with van der Waals surface area (Å²) in [5.41, 5.74) is 0.0771. The molecule has 5 nitrogen and oxygen atoms in total. The van der Waals surface area contributed by atoms with Gasteiger partial charge >= 0.3 is 5.97 Å². The van der Waals surface area contributed by atoms with Gasteiger partial charge in [0.25, 0.3) is 5.91 Å². The van der Waals surface area contributed by atoms with Gasteiger partial charge in [-0.1, -0.05) is 13.3 Å². The lowest BCUT2D eigenvalue weighted by Crippen LogP contribution is -2.38. The van der Waals surface area contributed by atoms with Gasteiger partial charge in [0.2, 0.25) is 0 Å². The highest BCUT2D eigenvalue weighted by molar-refractivity contribution is 7.99. The summed E-state index contributed by atoms with van der Waals surface area (Å²) in [4.78, 5) is 23.3. The molecule has 2 unspecified atom stereocenters. The van der Waals surface area contributed by atoms with Crippen LogP contribution in [0.2, 0.25) is 0 Å². The van der Waals surface area contributed by atoms with E-state index in [9.17, 15) is 9.59 Å². The fraction of sp³-hybridized carbons (Fsp3) is 0.600. The molecule has 0 saturated heterocycles. The minimum Gasteiger partial charge on any atom is -0.478 e. The van der Waals surface area contributed by atoms with Crippen molar-refractivity contribution in [2.24, 2.45) is 0 Å². The number of carboxylic acids is 1. The molecule has 1 aromatic heterocycles. The van der Waals surface area contributed by atoms with E-state index in [4.69, 9.17) is 9.52 Å². The summed E-state index contributed by atoms with van der Waals surface area (Å²) >= 11 is 1.83. The number of aryl methyl sites for hydroxylation is 1. The molecule has 0 aliphatic heterocycles. The van der Waals surface area contributed by atoms with Crippen molar-refractivity contribution in [1.82, 2.24) is 5.32 Å². The number of carbonyl (C=O) groups is 2. The monoisotopic (exact) mass is 311 g/mol. The summed E-state index contributed by atoms with van der Waals surface area (Å²) < 4.78 is 5.38. The summed E-state index contributed by atoms with van der Waals surface area (Å²) in [7, 11) is 0. The molecule has 2 N–H and O–H groups in total. The predicted octanol–water partition coefficient (Wildman–Crippen LogP) is 2.94. The smallest absolute Gasteiger partial charge is 0.339 e. The second-order valence-electron chi connectivity index (χ2n) is 5.30. The minimum atomic E-state index is -1.06. The van der Waals surface area contributed by atoms with E-state index in [1.54, 1.807) is 6.92 Å². The van der Waals surface area contributed by atoms with E-state index in [-0.39, 0.29) is 23.3 Å². The number of hydrogen-bond acceptors (Lipinski definition) is 4. The van der Waals surface area contributed by atoms with Gasteiger partial charge in [0.1, 0.15) is 11.3 Å². The molecule has 1 aliphatic rings. The van der Waals surface area contributed by atoms with E-state index in [1.807, 2.05) is 11.8 Å². The van der Waals surface area contributed by atoms with Crippen LogP contribution in [0.15, 0.2) is 10.5 Å². The second-order valence-corrected chi connectivity index (χ2v) is 6.44. The van der Waals surface area contributed by atoms with E-state index in [0.717, 1.165) is 19.3 Å². The predicted molar refractivity (Wildman–Crippen MR) is 82.1 cm³/mol.